The second-order valence-electron chi connectivity index (χ2n) is 8.78. The fourth-order valence-electron chi connectivity index (χ4n) is 3.86. The summed E-state index contributed by atoms with van der Waals surface area (Å²) in [5.41, 5.74) is 6.63. The molecule has 0 aliphatic rings. The second-order valence-corrected chi connectivity index (χ2v) is 8.78. The summed E-state index contributed by atoms with van der Waals surface area (Å²) in [6.45, 7) is 5.59. The number of carboxylic acids is 1. The Hall–Kier alpha value is -3.86. The summed E-state index contributed by atoms with van der Waals surface area (Å²) in [5.74, 6) is 0.372. The van der Waals surface area contributed by atoms with Gasteiger partial charge < -0.3 is 9.84 Å². The lowest BCUT2D eigenvalue weighted by molar-refractivity contribution is -0.136. The predicted octanol–water partition coefficient (Wildman–Crippen LogP) is 6.32. The minimum atomic E-state index is -0.784. The summed E-state index contributed by atoms with van der Waals surface area (Å²) in [5, 5.41) is 13.7. The quantitative estimate of drug-likeness (QED) is 0.305. The highest BCUT2D eigenvalue weighted by atomic mass is 16.5. The van der Waals surface area contributed by atoms with Crippen molar-refractivity contribution >= 4 is 5.97 Å². The fourth-order valence-corrected chi connectivity index (χ4v) is 3.86. The number of ether oxygens (including phenoxy) is 1. The van der Waals surface area contributed by atoms with Crippen LogP contribution in [0, 0.1) is 0 Å². The largest absolute Gasteiger partial charge is 0.489 e. The smallest absolute Gasteiger partial charge is 0.303 e. The molecule has 0 saturated heterocycles. The Morgan fingerprint density at radius 2 is 1.56 bits per heavy atom. The number of aliphatic carboxylic acids is 1. The standard InChI is InChI=1S/C29H30N2O3/c1-21(2)28-18-27(25-6-4-3-5-7-25)30-31(28)19-23-8-10-24(11-9-23)20-34-26-15-12-22(13-16-26)14-17-29(32)33/h3-13,15-16,18,21H,14,17,19-20H2,1-2H3,(H,32,33). The Bertz CT molecular complexity index is 1210. The van der Waals surface area contributed by atoms with Crippen molar-refractivity contribution in [1.29, 1.82) is 0 Å². The molecule has 3 aromatic carbocycles. The van der Waals surface area contributed by atoms with Crippen LogP contribution < -0.4 is 4.74 Å². The molecule has 0 spiro atoms. The van der Waals surface area contributed by atoms with Gasteiger partial charge in [-0.3, -0.25) is 9.48 Å². The number of benzene rings is 3. The van der Waals surface area contributed by atoms with Crippen LogP contribution in [0.2, 0.25) is 0 Å². The van der Waals surface area contributed by atoms with E-state index in [1.54, 1.807) is 0 Å². The van der Waals surface area contributed by atoms with Crippen LogP contribution in [0.3, 0.4) is 0 Å². The predicted molar refractivity (Wildman–Crippen MR) is 134 cm³/mol. The molecule has 4 aromatic rings. The van der Waals surface area contributed by atoms with Crippen LogP contribution in [0.5, 0.6) is 5.75 Å². The van der Waals surface area contributed by atoms with Crippen molar-refractivity contribution in [2.45, 2.75) is 45.8 Å². The van der Waals surface area contributed by atoms with Crippen molar-refractivity contribution in [2.24, 2.45) is 0 Å². The maximum absolute atomic E-state index is 10.7. The van der Waals surface area contributed by atoms with Gasteiger partial charge in [-0.1, -0.05) is 80.6 Å². The summed E-state index contributed by atoms with van der Waals surface area (Å²) in [7, 11) is 0. The number of hydrogen-bond acceptors (Lipinski definition) is 3. The molecule has 0 aliphatic carbocycles. The summed E-state index contributed by atoms with van der Waals surface area (Å²) >= 11 is 0. The summed E-state index contributed by atoms with van der Waals surface area (Å²) in [6.07, 6.45) is 0.663. The van der Waals surface area contributed by atoms with Crippen LogP contribution in [0.25, 0.3) is 11.3 Å². The Morgan fingerprint density at radius 3 is 2.21 bits per heavy atom. The van der Waals surface area contributed by atoms with E-state index in [1.165, 1.54) is 11.3 Å². The molecular weight excluding hydrogens is 424 g/mol. The minimum Gasteiger partial charge on any atom is -0.489 e. The van der Waals surface area contributed by atoms with E-state index in [2.05, 4.69) is 61.0 Å². The molecule has 34 heavy (non-hydrogen) atoms. The van der Waals surface area contributed by atoms with E-state index in [-0.39, 0.29) is 6.42 Å². The maximum atomic E-state index is 10.7. The maximum Gasteiger partial charge on any atom is 0.303 e. The Morgan fingerprint density at radius 1 is 0.912 bits per heavy atom. The minimum absolute atomic E-state index is 0.136. The van der Waals surface area contributed by atoms with Crippen LogP contribution >= 0.6 is 0 Å². The first-order chi connectivity index (χ1) is 16.5. The van der Waals surface area contributed by atoms with E-state index in [4.69, 9.17) is 14.9 Å². The molecule has 174 valence electrons. The van der Waals surface area contributed by atoms with Gasteiger partial charge in [-0.15, -0.1) is 0 Å². The Labute approximate surface area is 200 Å². The lowest BCUT2D eigenvalue weighted by Crippen LogP contribution is -2.07. The normalized spacial score (nSPS) is 11.0. The van der Waals surface area contributed by atoms with Crippen LogP contribution in [0.4, 0.5) is 0 Å². The highest BCUT2D eigenvalue weighted by Crippen LogP contribution is 2.24. The zero-order chi connectivity index (χ0) is 23.9. The van der Waals surface area contributed by atoms with Crippen LogP contribution in [0.1, 0.15) is 48.6 Å². The van der Waals surface area contributed by atoms with Gasteiger partial charge >= 0.3 is 5.97 Å². The van der Waals surface area contributed by atoms with E-state index < -0.39 is 5.97 Å². The first kappa shape index (κ1) is 23.3. The Balaban J connectivity index is 1.38. The molecule has 4 rings (SSSR count). The zero-order valence-corrected chi connectivity index (χ0v) is 19.6. The molecule has 0 bridgehead atoms. The van der Waals surface area contributed by atoms with E-state index in [0.29, 0.717) is 18.9 Å². The second kappa shape index (κ2) is 10.8. The highest BCUT2D eigenvalue weighted by molar-refractivity contribution is 5.67. The van der Waals surface area contributed by atoms with Gasteiger partial charge in [-0.25, -0.2) is 0 Å². The fraction of sp³-hybridized carbons (Fsp3) is 0.241. The van der Waals surface area contributed by atoms with Crippen LogP contribution in [0.15, 0.2) is 84.9 Å². The molecule has 0 atom stereocenters. The topological polar surface area (TPSA) is 64.4 Å². The van der Waals surface area contributed by atoms with Crippen molar-refractivity contribution in [1.82, 2.24) is 9.78 Å². The number of aryl methyl sites for hydroxylation is 1. The van der Waals surface area contributed by atoms with Crippen molar-refractivity contribution in [3.8, 4) is 17.0 Å². The van der Waals surface area contributed by atoms with E-state index >= 15 is 0 Å². The summed E-state index contributed by atoms with van der Waals surface area (Å²) < 4.78 is 8.00. The monoisotopic (exact) mass is 454 g/mol. The van der Waals surface area contributed by atoms with E-state index in [9.17, 15) is 4.79 Å². The van der Waals surface area contributed by atoms with Crippen LogP contribution in [-0.4, -0.2) is 20.9 Å². The number of carboxylic acid groups (broad SMARTS) is 1. The highest BCUT2D eigenvalue weighted by Gasteiger charge is 2.13. The van der Waals surface area contributed by atoms with Gasteiger partial charge in [0, 0.05) is 17.7 Å². The van der Waals surface area contributed by atoms with Crippen molar-refractivity contribution in [3.05, 3.63) is 107 Å². The molecule has 1 heterocycles. The average Bonchev–Trinajstić information content (AvgIpc) is 3.28. The van der Waals surface area contributed by atoms with Gasteiger partial charge in [0.25, 0.3) is 0 Å². The lowest BCUT2D eigenvalue weighted by Gasteiger charge is -2.11. The number of hydrogen-bond donors (Lipinski definition) is 1. The zero-order valence-electron chi connectivity index (χ0n) is 19.6. The van der Waals surface area contributed by atoms with Gasteiger partial charge in [0.15, 0.2) is 0 Å². The van der Waals surface area contributed by atoms with Crippen LogP contribution in [-0.2, 0) is 24.4 Å². The Kier molecular flexibility index (Phi) is 7.43. The first-order valence-electron chi connectivity index (χ1n) is 11.6. The van der Waals surface area contributed by atoms with Crippen molar-refractivity contribution in [3.63, 3.8) is 0 Å². The lowest BCUT2D eigenvalue weighted by atomic mass is 10.1. The summed E-state index contributed by atoms with van der Waals surface area (Å²) in [4.78, 5) is 10.7. The molecule has 0 saturated carbocycles. The molecule has 0 aliphatic heterocycles. The molecule has 5 heteroatoms. The molecule has 0 amide bonds. The third-order valence-electron chi connectivity index (χ3n) is 5.78. The third kappa shape index (κ3) is 6.13. The molecule has 1 N–H and O–H groups in total. The van der Waals surface area contributed by atoms with Gasteiger partial charge in [-0.05, 0) is 47.2 Å². The first-order valence-corrected chi connectivity index (χ1v) is 11.6. The molecular formula is C29H30N2O3. The third-order valence-corrected chi connectivity index (χ3v) is 5.78. The van der Waals surface area contributed by atoms with Gasteiger partial charge in [0.05, 0.1) is 12.2 Å². The van der Waals surface area contributed by atoms with Gasteiger partial charge in [0.1, 0.15) is 12.4 Å². The van der Waals surface area contributed by atoms with Crippen molar-refractivity contribution < 1.29 is 14.6 Å². The van der Waals surface area contributed by atoms with Gasteiger partial charge in [0.2, 0.25) is 0 Å². The number of carbonyl (C=O) groups is 1. The molecule has 5 nitrogen and oxygen atoms in total. The van der Waals surface area contributed by atoms with E-state index in [1.807, 2.05) is 42.5 Å². The van der Waals surface area contributed by atoms with E-state index in [0.717, 1.165) is 34.7 Å². The number of nitrogens with zero attached hydrogens (tertiary/aromatic N) is 2. The van der Waals surface area contributed by atoms with Gasteiger partial charge in [-0.2, -0.15) is 5.10 Å². The molecule has 0 unspecified atom stereocenters. The summed E-state index contributed by atoms with van der Waals surface area (Å²) in [6, 6.07) is 28.5. The molecule has 0 fully saturated rings. The van der Waals surface area contributed by atoms with Crippen molar-refractivity contribution in [2.75, 3.05) is 0 Å². The molecule has 0 radical (unpaired) electrons. The molecule has 1 aromatic heterocycles. The average molecular weight is 455 g/mol. The number of rotatable bonds is 10. The SMILES string of the molecule is CC(C)c1cc(-c2ccccc2)nn1Cc1ccc(COc2ccc(CCC(=O)O)cc2)cc1. The number of aromatic nitrogens is 2.